The lowest BCUT2D eigenvalue weighted by Crippen LogP contribution is -2.44. The third-order valence-electron chi connectivity index (χ3n) is 3.98. The number of carbonyl (C=O) groups is 1. The largest absolute Gasteiger partial charge is 0.381 e. The maximum atomic E-state index is 12.2. The van der Waals surface area contributed by atoms with Crippen LogP contribution in [-0.4, -0.2) is 41.7 Å². The van der Waals surface area contributed by atoms with Crippen molar-refractivity contribution in [3.8, 4) is 0 Å². The van der Waals surface area contributed by atoms with Gasteiger partial charge in [-0.3, -0.25) is 4.79 Å². The Hall–Kier alpha value is -0.590. The Morgan fingerprint density at radius 3 is 2.68 bits per heavy atom. The first-order chi connectivity index (χ1) is 10.3. The molecule has 1 aromatic heterocycles. The van der Waals surface area contributed by atoms with Gasteiger partial charge < -0.3 is 10.1 Å². The van der Waals surface area contributed by atoms with Crippen molar-refractivity contribution < 1.29 is 9.53 Å². The first-order valence-corrected chi connectivity index (χ1v) is 9.80. The van der Waals surface area contributed by atoms with Crippen molar-refractivity contribution in [1.29, 1.82) is 0 Å². The highest BCUT2D eigenvalue weighted by atomic mass is 32.2. The summed E-state index contributed by atoms with van der Waals surface area (Å²) in [4.78, 5) is 16.8. The number of nitrogens with one attached hydrogen (secondary N) is 1. The monoisotopic (exact) mass is 342 g/mol. The molecule has 0 bridgehead atoms. The van der Waals surface area contributed by atoms with Crippen molar-refractivity contribution in [2.24, 2.45) is 0 Å². The minimum absolute atomic E-state index is 0.0460. The molecule has 1 aliphatic heterocycles. The predicted octanol–water partition coefficient (Wildman–Crippen LogP) is 3.01. The van der Waals surface area contributed by atoms with E-state index < -0.39 is 0 Å². The van der Waals surface area contributed by atoms with Gasteiger partial charge in [0.15, 0.2) is 0 Å². The molecule has 0 unspecified atom stereocenters. The Labute approximate surface area is 141 Å². The average Bonchev–Trinajstić information content (AvgIpc) is 2.95. The van der Waals surface area contributed by atoms with Crippen molar-refractivity contribution in [2.75, 3.05) is 26.0 Å². The van der Waals surface area contributed by atoms with Gasteiger partial charge in [-0.05, 0) is 19.1 Å². The SMILES string of the molecule is CSC1(CNC(=O)Cc2csc(C(C)(C)C)n2)CCOCC1. The zero-order valence-electron chi connectivity index (χ0n) is 13.9. The Balaban J connectivity index is 1.86. The summed E-state index contributed by atoms with van der Waals surface area (Å²) in [5, 5.41) is 6.17. The van der Waals surface area contributed by atoms with E-state index in [-0.39, 0.29) is 16.1 Å². The minimum Gasteiger partial charge on any atom is -0.381 e. The number of amides is 1. The zero-order valence-corrected chi connectivity index (χ0v) is 15.5. The summed E-state index contributed by atoms with van der Waals surface area (Å²) < 4.78 is 5.56. The van der Waals surface area contributed by atoms with Crippen LogP contribution in [0.1, 0.15) is 44.3 Å². The number of ether oxygens (including phenoxy) is 1. The molecule has 2 rings (SSSR count). The highest BCUT2D eigenvalue weighted by Gasteiger charge is 2.32. The molecule has 0 spiro atoms. The quantitative estimate of drug-likeness (QED) is 0.894. The van der Waals surface area contributed by atoms with Gasteiger partial charge in [0.1, 0.15) is 0 Å². The van der Waals surface area contributed by atoms with E-state index in [2.05, 4.69) is 37.3 Å². The van der Waals surface area contributed by atoms with Crippen LogP contribution in [0.3, 0.4) is 0 Å². The molecule has 4 nitrogen and oxygen atoms in total. The number of nitrogens with zero attached hydrogens (tertiary/aromatic N) is 1. The molecule has 22 heavy (non-hydrogen) atoms. The van der Waals surface area contributed by atoms with E-state index in [9.17, 15) is 4.79 Å². The molecule has 0 radical (unpaired) electrons. The van der Waals surface area contributed by atoms with E-state index >= 15 is 0 Å². The first-order valence-electron chi connectivity index (χ1n) is 7.69. The lowest BCUT2D eigenvalue weighted by atomic mass is 9.98. The van der Waals surface area contributed by atoms with Crippen LogP contribution in [0.15, 0.2) is 5.38 Å². The van der Waals surface area contributed by atoms with Gasteiger partial charge in [-0.15, -0.1) is 11.3 Å². The smallest absolute Gasteiger partial charge is 0.226 e. The van der Waals surface area contributed by atoms with E-state index in [1.54, 1.807) is 11.3 Å². The normalized spacial score (nSPS) is 18.2. The first kappa shape index (κ1) is 17.8. The van der Waals surface area contributed by atoms with Crippen molar-refractivity contribution >= 4 is 29.0 Å². The summed E-state index contributed by atoms with van der Waals surface area (Å²) in [5.41, 5.74) is 0.919. The molecule has 1 saturated heterocycles. The van der Waals surface area contributed by atoms with Gasteiger partial charge in [-0.1, -0.05) is 20.8 Å². The maximum absolute atomic E-state index is 12.2. The lowest BCUT2D eigenvalue weighted by Gasteiger charge is -2.35. The zero-order chi connectivity index (χ0) is 16.2. The van der Waals surface area contributed by atoms with Crippen LogP contribution in [-0.2, 0) is 21.4 Å². The van der Waals surface area contributed by atoms with E-state index in [0.717, 1.165) is 36.8 Å². The molecule has 0 atom stereocenters. The Morgan fingerprint density at radius 2 is 2.14 bits per heavy atom. The summed E-state index contributed by atoms with van der Waals surface area (Å²) in [6.45, 7) is 8.72. The number of thiazole rings is 1. The molecule has 1 fully saturated rings. The van der Waals surface area contributed by atoms with Crippen LogP contribution >= 0.6 is 23.1 Å². The molecule has 1 aliphatic rings. The van der Waals surface area contributed by atoms with Crippen LogP contribution < -0.4 is 5.32 Å². The van der Waals surface area contributed by atoms with Crippen LogP contribution in [0.5, 0.6) is 0 Å². The topological polar surface area (TPSA) is 51.2 Å². The summed E-state index contributed by atoms with van der Waals surface area (Å²) in [7, 11) is 0. The van der Waals surface area contributed by atoms with E-state index in [4.69, 9.17) is 4.74 Å². The van der Waals surface area contributed by atoms with Gasteiger partial charge >= 0.3 is 0 Å². The molecular weight excluding hydrogens is 316 g/mol. The number of rotatable bonds is 5. The maximum Gasteiger partial charge on any atom is 0.226 e. The molecule has 1 amide bonds. The highest BCUT2D eigenvalue weighted by Crippen LogP contribution is 2.33. The van der Waals surface area contributed by atoms with E-state index in [1.165, 1.54) is 0 Å². The second-order valence-corrected chi connectivity index (χ2v) is 8.98. The minimum atomic E-state index is 0.0460. The van der Waals surface area contributed by atoms with Crippen molar-refractivity contribution in [3.05, 3.63) is 16.1 Å². The molecule has 1 N–H and O–H groups in total. The number of aromatic nitrogens is 1. The molecule has 0 aromatic carbocycles. The number of hydrogen-bond donors (Lipinski definition) is 1. The Morgan fingerprint density at radius 1 is 1.45 bits per heavy atom. The molecule has 1 aromatic rings. The highest BCUT2D eigenvalue weighted by molar-refractivity contribution is 8.00. The fourth-order valence-electron chi connectivity index (χ4n) is 2.42. The molecule has 0 aliphatic carbocycles. The van der Waals surface area contributed by atoms with Gasteiger partial charge in [0.05, 0.1) is 17.1 Å². The summed E-state index contributed by atoms with van der Waals surface area (Å²) >= 11 is 3.48. The number of thioether (sulfide) groups is 1. The van der Waals surface area contributed by atoms with Crippen molar-refractivity contribution in [2.45, 2.75) is 50.2 Å². The van der Waals surface area contributed by atoms with Gasteiger partial charge in [0.25, 0.3) is 0 Å². The lowest BCUT2D eigenvalue weighted by molar-refractivity contribution is -0.120. The van der Waals surface area contributed by atoms with Crippen molar-refractivity contribution in [3.63, 3.8) is 0 Å². The van der Waals surface area contributed by atoms with Gasteiger partial charge in [0.2, 0.25) is 5.91 Å². The molecular formula is C16H26N2O2S2. The Bertz CT molecular complexity index is 502. The molecule has 6 heteroatoms. The fraction of sp³-hybridized carbons (Fsp3) is 0.750. The van der Waals surface area contributed by atoms with Crippen molar-refractivity contribution in [1.82, 2.24) is 10.3 Å². The second kappa shape index (κ2) is 7.32. The summed E-state index contributed by atoms with van der Waals surface area (Å²) in [6.07, 6.45) is 4.49. The van der Waals surface area contributed by atoms with Crippen LogP contribution in [0, 0.1) is 0 Å². The fourth-order valence-corrected chi connectivity index (χ4v) is 4.11. The van der Waals surface area contributed by atoms with E-state index in [0.29, 0.717) is 13.0 Å². The molecule has 124 valence electrons. The van der Waals surface area contributed by atoms with Gasteiger partial charge in [-0.2, -0.15) is 11.8 Å². The third-order valence-corrected chi connectivity index (χ3v) is 6.72. The number of carbonyl (C=O) groups excluding carboxylic acids is 1. The third kappa shape index (κ3) is 4.70. The number of hydrogen-bond acceptors (Lipinski definition) is 5. The molecule has 0 saturated carbocycles. The van der Waals surface area contributed by atoms with Crippen LogP contribution in [0.25, 0.3) is 0 Å². The van der Waals surface area contributed by atoms with E-state index in [1.807, 2.05) is 17.1 Å². The standard InChI is InChI=1S/C16H26N2O2S2/c1-15(2,3)14-18-12(10-22-14)9-13(19)17-11-16(21-4)5-7-20-8-6-16/h10H,5-9,11H2,1-4H3,(H,17,19). The average molecular weight is 343 g/mol. The summed E-state index contributed by atoms with van der Waals surface area (Å²) in [5.74, 6) is 0.0608. The predicted molar refractivity (Wildman–Crippen MR) is 93.8 cm³/mol. The molecule has 2 heterocycles. The summed E-state index contributed by atoms with van der Waals surface area (Å²) in [6, 6.07) is 0. The van der Waals surface area contributed by atoms with Crippen LogP contribution in [0.2, 0.25) is 0 Å². The Kier molecular flexibility index (Phi) is 5.91. The van der Waals surface area contributed by atoms with Gasteiger partial charge in [-0.25, -0.2) is 4.98 Å². The van der Waals surface area contributed by atoms with Crippen LogP contribution in [0.4, 0.5) is 0 Å². The van der Waals surface area contributed by atoms with Gasteiger partial charge in [0, 0.05) is 35.3 Å². The second-order valence-electron chi connectivity index (χ2n) is 6.85.